The monoisotopic (exact) mass is 219 g/mol. The number of rotatable bonds is 3. The maximum Gasteiger partial charge on any atom is 0.237 e. The highest BCUT2D eigenvalue weighted by molar-refractivity contribution is 5.82. The number of carbonyl (C=O) groups excluding carboxylic acids is 1. The highest BCUT2D eigenvalue weighted by Gasteiger charge is 2.23. The van der Waals surface area contributed by atoms with Crippen LogP contribution in [0.3, 0.4) is 0 Å². The van der Waals surface area contributed by atoms with Gasteiger partial charge in [-0.25, -0.2) is 0 Å². The lowest BCUT2D eigenvalue weighted by Gasteiger charge is -2.17. The van der Waals surface area contributed by atoms with Gasteiger partial charge in [0.25, 0.3) is 0 Å². The molecule has 1 unspecified atom stereocenters. The van der Waals surface area contributed by atoms with E-state index in [4.69, 9.17) is 0 Å². The molecule has 1 aromatic rings. The Morgan fingerprint density at radius 3 is 3.19 bits per heavy atom. The average Bonchev–Trinajstić information content (AvgIpc) is 2.83. The average molecular weight is 219 g/mol. The van der Waals surface area contributed by atoms with Gasteiger partial charge < -0.3 is 10.6 Å². The van der Waals surface area contributed by atoms with Crippen LogP contribution in [0.5, 0.6) is 0 Å². The Hall–Kier alpha value is -1.42. The van der Waals surface area contributed by atoms with E-state index in [9.17, 15) is 4.79 Å². The number of pyridine rings is 1. The van der Waals surface area contributed by atoms with Gasteiger partial charge in [0.15, 0.2) is 0 Å². The van der Waals surface area contributed by atoms with Crippen molar-refractivity contribution in [3.8, 4) is 0 Å². The Kier molecular flexibility index (Phi) is 3.51. The van der Waals surface area contributed by atoms with Crippen molar-refractivity contribution < 1.29 is 4.79 Å². The molecule has 0 aromatic carbocycles. The SMILES string of the molecule is CC(NC(=O)[C@H]1CCCN1)c1cccnc1. The molecule has 2 N–H and O–H groups in total. The molecule has 0 radical (unpaired) electrons. The molecule has 4 heteroatoms. The molecular formula is C12H17N3O. The molecule has 2 rings (SSSR count). The quantitative estimate of drug-likeness (QED) is 0.797. The van der Waals surface area contributed by atoms with Crippen molar-refractivity contribution in [3.63, 3.8) is 0 Å². The van der Waals surface area contributed by atoms with Gasteiger partial charge in [0.1, 0.15) is 0 Å². The van der Waals surface area contributed by atoms with E-state index in [-0.39, 0.29) is 18.0 Å². The summed E-state index contributed by atoms with van der Waals surface area (Å²) >= 11 is 0. The van der Waals surface area contributed by atoms with Crippen LogP contribution in [-0.4, -0.2) is 23.5 Å². The fraction of sp³-hybridized carbons (Fsp3) is 0.500. The largest absolute Gasteiger partial charge is 0.348 e. The first-order valence-electron chi connectivity index (χ1n) is 5.71. The Bertz CT molecular complexity index is 347. The van der Waals surface area contributed by atoms with Crippen LogP contribution in [0, 0.1) is 0 Å². The van der Waals surface area contributed by atoms with Gasteiger partial charge in [-0.2, -0.15) is 0 Å². The zero-order valence-electron chi connectivity index (χ0n) is 9.44. The van der Waals surface area contributed by atoms with Gasteiger partial charge in [-0.05, 0) is 37.9 Å². The van der Waals surface area contributed by atoms with Crippen molar-refractivity contribution in [2.75, 3.05) is 6.54 Å². The molecule has 0 aliphatic carbocycles. The third-order valence-electron chi connectivity index (χ3n) is 2.92. The van der Waals surface area contributed by atoms with Crippen molar-refractivity contribution in [2.24, 2.45) is 0 Å². The lowest BCUT2D eigenvalue weighted by Crippen LogP contribution is -2.41. The van der Waals surface area contributed by atoms with Crippen molar-refractivity contribution >= 4 is 5.91 Å². The molecule has 0 saturated carbocycles. The molecule has 1 amide bonds. The number of nitrogens with zero attached hydrogens (tertiary/aromatic N) is 1. The van der Waals surface area contributed by atoms with E-state index in [1.165, 1.54) is 0 Å². The van der Waals surface area contributed by atoms with E-state index in [1.807, 2.05) is 19.1 Å². The smallest absolute Gasteiger partial charge is 0.237 e. The third-order valence-corrected chi connectivity index (χ3v) is 2.92. The standard InChI is InChI=1S/C12H17N3O/c1-9(10-4-2-6-13-8-10)15-12(16)11-5-3-7-14-11/h2,4,6,8-9,11,14H,3,5,7H2,1H3,(H,15,16)/t9?,11-/m1/s1. The molecule has 2 heterocycles. The first kappa shape index (κ1) is 11.1. The normalized spacial score (nSPS) is 21.7. The van der Waals surface area contributed by atoms with Crippen LogP contribution in [0.25, 0.3) is 0 Å². The van der Waals surface area contributed by atoms with Gasteiger partial charge in [-0.15, -0.1) is 0 Å². The van der Waals surface area contributed by atoms with E-state index in [1.54, 1.807) is 12.4 Å². The Balaban J connectivity index is 1.92. The zero-order chi connectivity index (χ0) is 11.4. The number of carbonyl (C=O) groups is 1. The molecule has 16 heavy (non-hydrogen) atoms. The van der Waals surface area contributed by atoms with Crippen LogP contribution in [0.4, 0.5) is 0 Å². The first-order chi connectivity index (χ1) is 7.77. The molecule has 1 fully saturated rings. The molecular weight excluding hydrogens is 202 g/mol. The summed E-state index contributed by atoms with van der Waals surface area (Å²) in [5.74, 6) is 0.0915. The summed E-state index contributed by atoms with van der Waals surface area (Å²) in [5, 5.41) is 6.18. The number of nitrogens with one attached hydrogen (secondary N) is 2. The second kappa shape index (κ2) is 5.07. The maximum absolute atomic E-state index is 11.8. The minimum atomic E-state index is -0.0147. The van der Waals surface area contributed by atoms with Crippen LogP contribution in [-0.2, 0) is 4.79 Å². The van der Waals surface area contributed by atoms with Crippen molar-refractivity contribution in [2.45, 2.75) is 31.8 Å². The van der Waals surface area contributed by atoms with E-state index in [0.29, 0.717) is 0 Å². The Morgan fingerprint density at radius 2 is 2.56 bits per heavy atom. The summed E-state index contributed by atoms with van der Waals surface area (Å²) in [7, 11) is 0. The molecule has 0 bridgehead atoms. The second-order valence-corrected chi connectivity index (χ2v) is 4.17. The number of hydrogen-bond acceptors (Lipinski definition) is 3. The van der Waals surface area contributed by atoms with Gasteiger partial charge >= 0.3 is 0 Å². The lowest BCUT2D eigenvalue weighted by atomic mass is 10.1. The number of aromatic nitrogens is 1. The van der Waals surface area contributed by atoms with Crippen LogP contribution < -0.4 is 10.6 Å². The van der Waals surface area contributed by atoms with Gasteiger partial charge in [0, 0.05) is 12.4 Å². The van der Waals surface area contributed by atoms with Crippen LogP contribution in [0.1, 0.15) is 31.4 Å². The highest BCUT2D eigenvalue weighted by Crippen LogP contribution is 2.12. The first-order valence-corrected chi connectivity index (χ1v) is 5.71. The summed E-state index contributed by atoms with van der Waals surface area (Å²) in [6, 6.07) is 3.86. The molecule has 1 aliphatic rings. The fourth-order valence-electron chi connectivity index (χ4n) is 1.94. The molecule has 1 aliphatic heterocycles. The van der Waals surface area contributed by atoms with E-state index >= 15 is 0 Å². The van der Waals surface area contributed by atoms with E-state index in [0.717, 1.165) is 24.9 Å². The summed E-state index contributed by atoms with van der Waals surface area (Å²) in [6.07, 6.45) is 5.54. The Labute approximate surface area is 95.5 Å². The summed E-state index contributed by atoms with van der Waals surface area (Å²) in [6.45, 7) is 2.92. The van der Waals surface area contributed by atoms with Gasteiger partial charge in [0.2, 0.25) is 5.91 Å². The van der Waals surface area contributed by atoms with Gasteiger partial charge in [0.05, 0.1) is 12.1 Å². The highest BCUT2D eigenvalue weighted by atomic mass is 16.2. The van der Waals surface area contributed by atoms with Crippen LogP contribution in [0.2, 0.25) is 0 Å². The third kappa shape index (κ3) is 2.58. The Morgan fingerprint density at radius 1 is 1.69 bits per heavy atom. The fourth-order valence-corrected chi connectivity index (χ4v) is 1.94. The number of hydrogen-bond donors (Lipinski definition) is 2. The van der Waals surface area contributed by atoms with Crippen LogP contribution >= 0.6 is 0 Å². The maximum atomic E-state index is 11.8. The minimum Gasteiger partial charge on any atom is -0.348 e. The summed E-state index contributed by atoms with van der Waals surface area (Å²) < 4.78 is 0. The van der Waals surface area contributed by atoms with Crippen molar-refractivity contribution in [1.82, 2.24) is 15.6 Å². The minimum absolute atomic E-state index is 0.0147. The van der Waals surface area contributed by atoms with Crippen LogP contribution in [0.15, 0.2) is 24.5 Å². The molecule has 0 spiro atoms. The molecule has 1 saturated heterocycles. The summed E-state index contributed by atoms with van der Waals surface area (Å²) in [5.41, 5.74) is 1.04. The molecule has 86 valence electrons. The lowest BCUT2D eigenvalue weighted by molar-refractivity contribution is -0.123. The predicted molar refractivity (Wildman–Crippen MR) is 61.8 cm³/mol. The second-order valence-electron chi connectivity index (χ2n) is 4.17. The molecule has 1 aromatic heterocycles. The van der Waals surface area contributed by atoms with Gasteiger partial charge in [-0.3, -0.25) is 9.78 Å². The molecule has 4 nitrogen and oxygen atoms in total. The predicted octanol–water partition coefficient (Wildman–Crippen LogP) is 1.01. The van der Waals surface area contributed by atoms with Crippen molar-refractivity contribution in [3.05, 3.63) is 30.1 Å². The van der Waals surface area contributed by atoms with E-state index < -0.39 is 0 Å². The molecule has 2 atom stereocenters. The topological polar surface area (TPSA) is 54.0 Å². The summed E-state index contributed by atoms with van der Waals surface area (Å²) in [4.78, 5) is 15.9. The van der Waals surface area contributed by atoms with E-state index in [2.05, 4.69) is 15.6 Å². The number of amides is 1. The van der Waals surface area contributed by atoms with Gasteiger partial charge in [-0.1, -0.05) is 6.07 Å². The van der Waals surface area contributed by atoms with Crippen molar-refractivity contribution in [1.29, 1.82) is 0 Å². The zero-order valence-corrected chi connectivity index (χ0v) is 9.44.